The Morgan fingerprint density at radius 3 is 2.61 bits per heavy atom. The van der Waals surface area contributed by atoms with Crippen LogP contribution in [0.1, 0.15) is 17.0 Å². The van der Waals surface area contributed by atoms with Gasteiger partial charge in [0.05, 0.1) is 22.5 Å². The van der Waals surface area contributed by atoms with Crippen LogP contribution in [0.15, 0.2) is 52.1 Å². The maximum absolute atomic E-state index is 14.6. The molecule has 0 saturated heterocycles. The van der Waals surface area contributed by atoms with Crippen molar-refractivity contribution in [3.05, 3.63) is 86.1 Å². The van der Waals surface area contributed by atoms with Gasteiger partial charge in [0.2, 0.25) is 11.8 Å². The quantitative estimate of drug-likeness (QED) is 0.442. The lowest BCUT2D eigenvalue weighted by molar-refractivity contribution is -0.118. The molecule has 10 heteroatoms. The first-order chi connectivity index (χ1) is 14.8. The van der Waals surface area contributed by atoms with E-state index in [4.69, 9.17) is 5.73 Å². The van der Waals surface area contributed by atoms with Crippen LogP contribution in [0.25, 0.3) is 16.5 Å². The summed E-state index contributed by atoms with van der Waals surface area (Å²) in [6.07, 6.45) is 0.237. The lowest BCUT2D eigenvalue weighted by atomic mass is 10.0. The van der Waals surface area contributed by atoms with Crippen LogP contribution in [0.4, 0.5) is 4.39 Å². The van der Waals surface area contributed by atoms with E-state index in [2.05, 4.69) is 10.2 Å². The van der Waals surface area contributed by atoms with E-state index >= 15 is 0 Å². The highest BCUT2D eigenvalue weighted by Crippen LogP contribution is 2.24. The number of hydrogen-bond acceptors (Lipinski definition) is 5. The minimum Gasteiger partial charge on any atom is -0.493 e. The monoisotopic (exact) mass is 423 g/mol. The van der Waals surface area contributed by atoms with Gasteiger partial charge in [0.1, 0.15) is 12.4 Å². The average Bonchev–Trinajstić information content (AvgIpc) is 2.94. The molecule has 0 spiro atoms. The zero-order chi connectivity index (χ0) is 22.3. The van der Waals surface area contributed by atoms with Gasteiger partial charge in [-0.1, -0.05) is 24.3 Å². The van der Waals surface area contributed by atoms with Crippen molar-refractivity contribution in [2.45, 2.75) is 19.9 Å². The number of aromatic hydroxyl groups is 1. The lowest BCUT2D eigenvalue weighted by Gasteiger charge is -2.09. The molecule has 0 aliphatic carbocycles. The largest absolute Gasteiger partial charge is 0.493 e. The number of benzene rings is 2. The molecule has 2 heterocycles. The second kappa shape index (κ2) is 7.56. The number of rotatable bonds is 5. The first kappa shape index (κ1) is 20.1. The van der Waals surface area contributed by atoms with E-state index in [0.717, 1.165) is 9.13 Å². The van der Waals surface area contributed by atoms with E-state index in [1.54, 1.807) is 24.3 Å². The van der Waals surface area contributed by atoms with E-state index < -0.39 is 29.8 Å². The number of nitrogens with two attached hydrogens (primary N) is 1. The van der Waals surface area contributed by atoms with E-state index in [9.17, 15) is 23.9 Å². The predicted molar refractivity (Wildman–Crippen MR) is 111 cm³/mol. The van der Waals surface area contributed by atoms with Crippen LogP contribution in [0.2, 0.25) is 0 Å². The second-order valence-electron chi connectivity index (χ2n) is 7.09. The Hall–Kier alpha value is -4.21. The van der Waals surface area contributed by atoms with Gasteiger partial charge in [-0.3, -0.25) is 14.2 Å². The number of halogens is 1. The van der Waals surface area contributed by atoms with E-state index in [-0.39, 0.29) is 23.4 Å². The summed E-state index contributed by atoms with van der Waals surface area (Å²) in [6, 6.07) is 11.1. The van der Waals surface area contributed by atoms with Crippen molar-refractivity contribution in [2.75, 3.05) is 0 Å². The summed E-state index contributed by atoms with van der Waals surface area (Å²) in [5.41, 5.74) is 5.11. The minimum absolute atomic E-state index is 0.0851. The number of aromatic amines is 1. The van der Waals surface area contributed by atoms with Crippen LogP contribution in [0.5, 0.6) is 5.88 Å². The minimum atomic E-state index is -0.794. The number of fused-ring (bicyclic) bond motifs is 1. The Balaban J connectivity index is 1.82. The van der Waals surface area contributed by atoms with Gasteiger partial charge in [-0.05, 0) is 30.7 Å². The number of aromatic nitrogens is 4. The molecule has 4 N–H and O–H groups in total. The van der Waals surface area contributed by atoms with Crippen molar-refractivity contribution < 1.29 is 14.3 Å². The molecule has 1 amide bonds. The van der Waals surface area contributed by atoms with Gasteiger partial charge < -0.3 is 10.8 Å². The fourth-order valence-electron chi connectivity index (χ4n) is 3.54. The fraction of sp³-hybridized carbons (Fsp3) is 0.143. The third-order valence-corrected chi connectivity index (χ3v) is 5.07. The Kier molecular flexibility index (Phi) is 4.90. The van der Waals surface area contributed by atoms with Crippen molar-refractivity contribution >= 4 is 16.7 Å². The standard InChI is InChI=1S/C21H18FN5O4/c1-11-20(30)27(21(31)26(11)10-18(23)28)17-9-12(6-7-15(17)22)8-16-13-4-2-3-5-14(13)19(29)25-24-16/h2-7,9,30H,8,10H2,1H3,(H2,23,28)(H,25,29). The topological polar surface area (TPSA) is 136 Å². The molecule has 0 unspecified atom stereocenters. The van der Waals surface area contributed by atoms with Crippen LogP contribution in [-0.2, 0) is 17.8 Å². The zero-order valence-electron chi connectivity index (χ0n) is 16.4. The number of carbonyl (C=O) groups is 1. The normalized spacial score (nSPS) is 11.2. The highest BCUT2D eigenvalue weighted by atomic mass is 19.1. The molecule has 158 valence electrons. The maximum Gasteiger partial charge on any atom is 0.336 e. The van der Waals surface area contributed by atoms with Gasteiger partial charge >= 0.3 is 5.69 Å². The molecule has 0 atom stereocenters. The van der Waals surface area contributed by atoms with E-state index in [1.807, 2.05) is 0 Å². The number of hydrogen-bond donors (Lipinski definition) is 3. The predicted octanol–water partition coefficient (Wildman–Crippen LogP) is 1.10. The second-order valence-corrected chi connectivity index (χ2v) is 7.09. The van der Waals surface area contributed by atoms with Crippen LogP contribution in [0.3, 0.4) is 0 Å². The van der Waals surface area contributed by atoms with Gasteiger partial charge in [0.15, 0.2) is 0 Å². The van der Waals surface area contributed by atoms with Gasteiger partial charge in [0.25, 0.3) is 5.56 Å². The molecular formula is C21H18FN5O4. The van der Waals surface area contributed by atoms with E-state index in [1.165, 1.54) is 25.1 Å². The molecule has 4 aromatic rings. The highest BCUT2D eigenvalue weighted by molar-refractivity contribution is 5.83. The Morgan fingerprint density at radius 1 is 1.19 bits per heavy atom. The summed E-state index contributed by atoms with van der Waals surface area (Å²) in [4.78, 5) is 36.0. The summed E-state index contributed by atoms with van der Waals surface area (Å²) in [6.45, 7) is 0.980. The first-order valence-electron chi connectivity index (χ1n) is 9.32. The average molecular weight is 423 g/mol. The van der Waals surface area contributed by atoms with Crippen molar-refractivity contribution in [1.29, 1.82) is 0 Å². The van der Waals surface area contributed by atoms with Crippen LogP contribution < -0.4 is 17.0 Å². The maximum atomic E-state index is 14.6. The molecule has 4 rings (SSSR count). The van der Waals surface area contributed by atoms with Gasteiger partial charge in [0, 0.05) is 11.8 Å². The number of nitrogens with one attached hydrogen (secondary N) is 1. The zero-order valence-corrected chi connectivity index (χ0v) is 16.4. The summed E-state index contributed by atoms with van der Waals surface area (Å²) in [5.74, 6) is -2.00. The van der Waals surface area contributed by atoms with Gasteiger partial charge in [-0.2, -0.15) is 5.10 Å². The van der Waals surface area contributed by atoms with Gasteiger partial charge in [-0.25, -0.2) is 18.9 Å². The van der Waals surface area contributed by atoms with Crippen LogP contribution >= 0.6 is 0 Å². The Morgan fingerprint density at radius 2 is 1.90 bits per heavy atom. The van der Waals surface area contributed by atoms with Gasteiger partial charge in [-0.15, -0.1) is 0 Å². The third kappa shape index (κ3) is 3.48. The molecule has 0 saturated carbocycles. The number of carbonyl (C=O) groups excluding carboxylic acids is 1. The van der Waals surface area contributed by atoms with Crippen molar-refractivity contribution in [3.8, 4) is 11.6 Å². The van der Waals surface area contributed by atoms with E-state index in [0.29, 0.717) is 22.0 Å². The Bertz CT molecular complexity index is 1450. The van der Waals surface area contributed by atoms with Crippen LogP contribution in [-0.4, -0.2) is 30.3 Å². The number of amides is 1. The first-order valence-corrected chi connectivity index (χ1v) is 9.32. The summed E-state index contributed by atoms with van der Waals surface area (Å²) in [7, 11) is 0. The summed E-state index contributed by atoms with van der Waals surface area (Å²) in [5, 5.41) is 18.1. The number of H-pyrrole nitrogens is 1. The molecule has 9 nitrogen and oxygen atoms in total. The van der Waals surface area contributed by atoms with Crippen molar-refractivity contribution in [1.82, 2.24) is 19.3 Å². The van der Waals surface area contributed by atoms with Crippen LogP contribution in [0, 0.1) is 12.7 Å². The SMILES string of the molecule is Cc1c(O)n(-c2cc(Cc3n[nH]c(=O)c4ccccc34)ccc2F)c(=O)n1CC(N)=O. The molecule has 2 aromatic carbocycles. The third-order valence-electron chi connectivity index (χ3n) is 5.07. The fourth-order valence-corrected chi connectivity index (χ4v) is 3.54. The van der Waals surface area contributed by atoms with Crippen molar-refractivity contribution in [3.63, 3.8) is 0 Å². The summed E-state index contributed by atoms with van der Waals surface area (Å²) >= 11 is 0. The number of imidazole rings is 1. The number of primary amides is 1. The molecule has 0 bridgehead atoms. The molecule has 0 aliphatic rings. The smallest absolute Gasteiger partial charge is 0.336 e. The Labute approximate surface area is 174 Å². The molecule has 0 radical (unpaired) electrons. The molecular weight excluding hydrogens is 405 g/mol. The molecule has 2 aromatic heterocycles. The summed E-state index contributed by atoms with van der Waals surface area (Å²) < 4.78 is 16.4. The lowest BCUT2D eigenvalue weighted by Crippen LogP contribution is -2.30. The number of nitrogens with zero attached hydrogens (tertiary/aromatic N) is 3. The molecule has 0 aliphatic heterocycles. The molecule has 0 fully saturated rings. The highest BCUT2D eigenvalue weighted by Gasteiger charge is 2.21. The molecule has 31 heavy (non-hydrogen) atoms. The van der Waals surface area contributed by atoms with Crippen molar-refractivity contribution in [2.24, 2.45) is 5.73 Å².